The van der Waals surface area contributed by atoms with Crippen LogP contribution in [0.3, 0.4) is 0 Å². The van der Waals surface area contributed by atoms with Crippen LogP contribution in [0.2, 0.25) is 0 Å². The van der Waals surface area contributed by atoms with Gasteiger partial charge in [0.2, 0.25) is 11.8 Å². The number of rotatable bonds is 2. The van der Waals surface area contributed by atoms with Gasteiger partial charge in [0, 0.05) is 20.1 Å². The molecule has 2 aromatic heterocycles. The van der Waals surface area contributed by atoms with E-state index < -0.39 is 0 Å². The van der Waals surface area contributed by atoms with E-state index in [9.17, 15) is 0 Å². The fourth-order valence-electron chi connectivity index (χ4n) is 3.87. The molecule has 2 fully saturated rings. The van der Waals surface area contributed by atoms with Crippen LogP contribution in [0.5, 0.6) is 0 Å². The number of aromatic nitrogens is 5. The zero-order valence-electron chi connectivity index (χ0n) is 11.8. The third-order valence-corrected chi connectivity index (χ3v) is 4.79. The van der Waals surface area contributed by atoms with Crippen molar-refractivity contribution in [2.24, 2.45) is 13.0 Å². The summed E-state index contributed by atoms with van der Waals surface area (Å²) in [5.41, 5.74) is 0.00715. The molecule has 0 bridgehead atoms. The van der Waals surface area contributed by atoms with Gasteiger partial charge in [-0.25, -0.2) is 4.68 Å². The van der Waals surface area contributed by atoms with Gasteiger partial charge in [-0.1, -0.05) is 11.6 Å². The highest BCUT2D eigenvalue weighted by atomic mass is 16.5. The number of hydrogen-bond acceptors (Lipinski definition) is 6. The van der Waals surface area contributed by atoms with Crippen molar-refractivity contribution >= 4 is 5.95 Å². The zero-order valence-corrected chi connectivity index (χ0v) is 11.8. The maximum absolute atomic E-state index is 5.52. The van der Waals surface area contributed by atoms with Crippen molar-refractivity contribution in [3.05, 3.63) is 18.0 Å². The first-order valence-corrected chi connectivity index (χ1v) is 7.09. The van der Waals surface area contributed by atoms with E-state index in [2.05, 4.69) is 25.1 Å². The molecule has 0 amide bonds. The molecule has 3 heterocycles. The molecule has 0 aromatic carbocycles. The van der Waals surface area contributed by atoms with Gasteiger partial charge in [0.1, 0.15) is 6.33 Å². The van der Waals surface area contributed by atoms with Crippen LogP contribution < -0.4 is 4.90 Å². The highest BCUT2D eigenvalue weighted by molar-refractivity contribution is 5.37. The second-order valence-electron chi connectivity index (χ2n) is 5.96. The lowest BCUT2D eigenvalue weighted by molar-refractivity contribution is 0.265. The van der Waals surface area contributed by atoms with Crippen LogP contribution in [-0.4, -0.2) is 38.0 Å². The van der Waals surface area contributed by atoms with Crippen LogP contribution in [0.1, 0.15) is 31.0 Å². The molecular weight excluding hydrogens is 256 g/mol. The standard InChI is InChI=1S/C13H18N6O/c1-9-16-11(20-17-9)13-5-3-4-10(13)6-19(7-13)12-14-8-15-18(12)2/h8,10H,3-7H2,1-2H3/t10-,13-/m0/s1. The number of aryl methyl sites for hydroxylation is 2. The Bertz CT molecular complexity index is 634. The maximum Gasteiger partial charge on any atom is 0.234 e. The molecule has 20 heavy (non-hydrogen) atoms. The van der Waals surface area contributed by atoms with E-state index in [4.69, 9.17) is 4.52 Å². The topological polar surface area (TPSA) is 72.9 Å². The second-order valence-corrected chi connectivity index (χ2v) is 5.96. The molecule has 4 rings (SSSR count). The van der Waals surface area contributed by atoms with E-state index in [0.29, 0.717) is 5.92 Å². The first kappa shape index (κ1) is 11.9. The minimum Gasteiger partial charge on any atom is -0.340 e. The molecule has 0 radical (unpaired) electrons. The smallest absolute Gasteiger partial charge is 0.234 e. The van der Waals surface area contributed by atoms with Crippen LogP contribution in [-0.2, 0) is 12.5 Å². The van der Waals surface area contributed by atoms with Crippen molar-refractivity contribution in [1.82, 2.24) is 24.9 Å². The van der Waals surface area contributed by atoms with Gasteiger partial charge in [-0.3, -0.25) is 0 Å². The lowest BCUT2D eigenvalue weighted by atomic mass is 9.80. The molecule has 1 aliphatic carbocycles. The van der Waals surface area contributed by atoms with Crippen molar-refractivity contribution in [2.75, 3.05) is 18.0 Å². The van der Waals surface area contributed by atoms with Gasteiger partial charge in [-0.15, -0.1) is 0 Å². The normalized spacial score (nSPS) is 29.1. The minimum atomic E-state index is 0.00715. The third-order valence-electron chi connectivity index (χ3n) is 4.79. The van der Waals surface area contributed by atoms with Crippen molar-refractivity contribution in [3.63, 3.8) is 0 Å². The second kappa shape index (κ2) is 4.04. The van der Waals surface area contributed by atoms with Gasteiger partial charge in [-0.2, -0.15) is 15.1 Å². The molecule has 0 spiro atoms. The van der Waals surface area contributed by atoms with Crippen molar-refractivity contribution in [2.45, 2.75) is 31.6 Å². The number of fused-ring (bicyclic) bond motifs is 1. The molecule has 106 valence electrons. The quantitative estimate of drug-likeness (QED) is 0.815. The Kier molecular flexibility index (Phi) is 2.40. The average molecular weight is 274 g/mol. The largest absolute Gasteiger partial charge is 0.340 e. The van der Waals surface area contributed by atoms with E-state index in [0.717, 1.165) is 37.2 Å². The van der Waals surface area contributed by atoms with Crippen LogP contribution >= 0.6 is 0 Å². The highest BCUT2D eigenvalue weighted by Gasteiger charge is 2.54. The minimum absolute atomic E-state index is 0.00715. The summed E-state index contributed by atoms with van der Waals surface area (Å²) in [5.74, 6) is 3.02. The molecule has 7 heteroatoms. The summed E-state index contributed by atoms with van der Waals surface area (Å²) in [4.78, 5) is 11.2. The van der Waals surface area contributed by atoms with Gasteiger partial charge in [-0.05, 0) is 25.7 Å². The van der Waals surface area contributed by atoms with E-state index in [1.807, 2.05) is 18.7 Å². The van der Waals surface area contributed by atoms with Crippen molar-refractivity contribution < 1.29 is 4.52 Å². The molecule has 0 N–H and O–H groups in total. The van der Waals surface area contributed by atoms with Gasteiger partial charge >= 0.3 is 0 Å². The lowest BCUT2D eigenvalue weighted by Crippen LogP contribution is -2.33. The van der Waals surface area contributed by atoms with E-state index in [-0.39, 0.29) is 5.41 Å². The van der Waals surface area contributed by atoms with Crippen LogP contribution in [0.4, 0.5) is 5.95 Å². The average Bonchev–Trinajstić information content (AvgIpc) is 3.10. The summed E-state index contributed by atoms with van der Waals surface area (Å²) in [6.07, 6.45) is 5.18. The number of anilines is 1. The number of nitrogens with zero attached hydrogens (tertiary/aromatic N) is 6. The maximum atomic E-state index is 5.52. The molecule has 1 saturated carbocycles. The Morgan fingerprint density at radius 2 is 2.35 bits per heavy atom. The Labute approximate surface area is 117 Å². The Morgan fingerprint density at radius 3 is 3.05 bits per heavy atom. The van der Waals surface area contributed by atoms with E-state index >= 15 is 0 Å². The molecule has 1 saturated heterocycles. The van der Waals surface area contributed by atoms with Gasteiger partial charge < -0.3 is 9.42 Å². The molecule has 2 atom stereocenters. The molecule has 2 aliphatic rings. The van der Waals surface area contributed by atoms with Crippen molar-refractivity contribution in [3.8, 4) is 0 Å². The highest BCUT2D eigenvalue weighted by Crippen LogP contribution is 2.50. The fraction of sp³-hybridized carbons (Fsp3) is 0.692. The molecular formula is C13H18N6O. The summed E-state index contributed by atoms with van der Waals surface area (Å²) < 4.78 is 7.35. The SMILES string of the molecule is Cc1noc([C@]23CCC[C@H]2CN(c2ncnn2C)C3)n1. The molecule has 0 unspecified atom stereocenters. The van der Waals surface area contributed by atoms with Crippen LogP contribution in [0.25, 0.3) is 0 Å². The number of hydrogen-bond donors (Lipinski definition) is 0. The first-order valence-electron chi connectivity index (χ1n) is 7.09. The monoisotopic (exact) mass is 274 g/mol. The predicted molar refractivity (Wildman–Crippen MR) is 71.3 cm³/mol. The molecule has 1 aliphatic heterocycles. The Morgan fingerprint density at radius 1 is 1.45 bits per heavy atom. The van der Waals surface area contributed by atoms with Gasteiger partial charge in [0.15, 0.2) is 5.82 Å². The lowest BCUT2D eigenvalue weighted by Gasteiger charge is -2.24. The first-order chi connectivity index (χ1) is 9.69. The summed E-state index contributed by atoms with van der Waals surface area (Å²) in [5, 5.41) is 8.15. The zero-order chi connectivity index (χ0) is 13.7. The summed E-state index contributed by atoms with van der Waals surface area (Å²) in [6, 6.07) is 0. The van der Waals surface area contributed by atoms with E-state index in [1.165, 1.54) is 12.8 Å². The summed E-state index contributed by atoms with van der Waals surface area (Å²) in [6.45, 7) is 3.77. The van der Waals surface area contributed by atoms with E-state index in [1.54, 1.807) is 6.33 Å². The molecule has 7 nitrogen and oxygen atoms in total. The Balaban J connectivity index is 1.71. The summed E-state index contributed by atoms with van der Waals surface area (Å²) >= 11 is 0. The van der Waals surface area contributed by atoms with Gasteiger partial charge in [0.05, 0.1) is 5.41 Å². The fourth-order valence-corrected chi connectivity index (χ4v) is 3.87. The van der Waals surface area contributed by atoms with Gasteiger partial charge in [0.25, 0.3) is 0 Å². The Hall–Kier alpha value is -1.92. The predicted octanol–water partition coefficient (Wildman–Crippen LogP) is 1.06. The van der Waals surface area contributed by atoms with Crippen molar-refractivity contribution in [1.29, 1.82) is 0 Å². The molecule has 2 aromatic rings. The van der Waals surface area contributed by atoms with Crippen LogP contribution in [0, 0.1) is 12.8 Å². The third kappa shape index (κ3) is 1.52. The van der Waals surface area contributed by atoms with Crippen LogP contribution in [0.15, 0.2) is 10.9 Å². The summed E-state index contributed by atoms with van der Waals surface area (Å²) in [7, 11) is 1.93.